The second kappa shape index (κ2) is 7.58. The molecule has 1 unspecified atom stereocenters. The number of likely N-dealkylation sites (N-methyl/N-ethyl adjacent to an activating group) is 1. The number of rotatable bonds is 5. The third kappa shape index (κ3) is 4.12. The Hall–Kier alpha value is -2.51. The number of hydrogen-bond acceptors (Lipinski definition) is 5. The van der Waals surface area contributed by atoms with Crippen LogP contribution in [0.1, 0.15) is 10.4 Å². The standard InChI is InChI=1S/C18H21N3O4/c1-20(12-16(22)23)10-14-11-21(8-9-25-14)18(24)15-6-2-4-13-5-3-7-19-17(13)15/h2-7,14H,8-12H2,1H3,(H,22,23). The van der Waals surface area contributed by atoms with Crippen molar-refractivity contribution in [2.45, 2.75) is 6.10 Å². The fourth-order valence-electron chi connectivity index (χ4n) is 3.10. The minimum Gasteiger partial charge on any atom is -0.480 e. The average Bonchev–Trinajstić information content (AvgIpc) is 2.60. The molecule has 2 aromatic rings. The van der Waals surface area contributed by atoms with E-state index in [1.54, 1.807) is 29.1 Å². The van der Waals surface area contributed by atoms with Gasteiger partial charge >= 0.3 is 5.97 Å². The zero-order chi connectivity index (χ0) is 17.8. The number of para-hydroxylation sites is 1. The smallest absolute Gasteiger partial charge is 0.317 e. The fraction of sp³-hybridized carbons (Fsp3) is 0.389. The molecule has 1 fully saturated rings. The molecular formula is C18H21N3O4. The SMILES string of the molecule is CN(CC(=O)O)CC1CN(C(=O)c2cccc3cccnc23)CCO1. The van der Waals surface area contributed by atoms with Crippen LogP contribution < -0.4 is 0 Å². The lowest BCUT2D eigenvalue weighted by atomic mass is 10.1. The molecule has 132 valence electrons. The van der Waals surface area contributed by atoms with Gasteiger partial charge < -0.3 is 14.7 Å². The van der Waals surface area contributed by atoms with Crippen LogP contribution in [-0.2, 0) is 9.53 Å². The van der Waals surface area contributed by atoms with Crippen molar-refractivity contribution in [3.05, 3.63) is 42.1 Å². The van der Waals surface area contributed by atoms with Gasteiger partial charge in [-0.1, -0.05) is 18.2 Å². The average molecular weight is 343 g/mol. The van der Waals surface area contributed by atoms with Crippen LogP contribution in [0.5, 0.6) is 0 Å². The molecule has 2 heterocycles. The monoisotopic (exact) mass is 343 g/mol. The summed E-state index contributed by atoms with van der Waals surface area (Å²) in [6.45, 7) is 1.80. The maximum absolute atomic E-state index is 12.9. The summed E-state index contributed by atoms with van der Waals surface area (Å²) in [5.41, 5.74) is 1.28. The molecule has 1 aromatic heterocycles. The van der Waals surface area contributed by atoms with Crippen LogP contribution in [-0.4, -0.2) is 77.7 Å². The summed E-state index contributed by atoms with van der Waals surface area (Å²) in [5, 5.41) is 9.78. The molecule has 1 atom stereocenters. The maximum atomic E-state index is 12.9. The van der Waals surface area contributed by atoms with Crippen LogP contribution >= 0.6 is 0 Å². The van der Waals surface area contributed by atoms with Gasteiger partial charge in [0, 0.05) is 31.2 Å². The zero-order valence-corrected chi connectivity index (χ0v) is 14.1. The van der Waals surface area contributed by atoms with E-state index in [9.17, 15) is 9.59 Å². The first-order valence-corrected chi connectivity index (χ1v) is 8.19. The molecule has 1 aliphatic heterocycles. The van der Waals surface area contributed by atoms with Crippen molar-refractivity contribution >= 4 is 22.8 Å². The van der Waals surface area contributed by atoms with E-state index in [0.717, 1.165) is 5.39 Å². The van der Waals surface area contributed by atoms with Gasteiger partial charge in [-0.2, -0.15) is 0 Å². The van der Waals surface area contributed by atoms with Gasteiger partial charge in [0.2, 0.25) is 0 Å². The molecule has 25 heavy (non-hydrogen) atoms. The second-order valence-corrected chi connectivity index (χ2v) is 6.22. The number of carboxylic acids is 1. The number of fused-ring (bicyclic) bond motifs is 1. The number of ether oxygens (including phenoxy) is 1. The summed E-state index contributed by atoms with van der Waals surface area (Å²) in [5.74, 6) is -0.952. The fourth-order valence-corrected chi connectivity index (χ4v) is 3.10. The van der Waals surface area contributed by atoms with E-state index in [4.69, 9.17) is 9.84 Å². The van der Waals surface area contributed by atoms with Crippen molar-refractivity contribution in [3.8, 4) is 0 Å². The van der Waals surface area contributed by atoms with E-state index in [1.165, 1.54) is 0 Å². The molecule has 7 heteroatoms. The molecule has 0 aliphatic carbocycles. The van der Waals surface area contributed by atoms with Gasteiger partial charge in [0.15, 0.2) is 0 Å². The van der Waals surface area contributed by atoms with E-state index in [2.05, 4.69) is 4.98 Å². The first-order valence-electron chi connectivity index (χ1n) is 8.19. The third-order valence-corrected chi connectivity index (χ3v) is 4.21. The molecule has 1 amide bonds. The summed E-state index contributed by atoms with van der Waals surface area (Å²) in [6.07, 6.45) is 1.48. The number of aliphatic carboxylic acids is 1. The predicted molar refractivity (Wildman–Crippen MR) is 92.5 cm³/mol. The Morgan fingerprint density at radius 3 is 2.96 bits per heavy atom. The largest absolute Gasteiger partial charge is 0.480 e. The second-order valence-electron chi connectivity index (χ2n) is 6.22. The Morgan fingerprint density at radius 1 is 1.36 bits per heavy atom. The number of hydrogen-bond donors (Lipinski definition) is 1. The highest BCUT2D eigenvalue weighted by molar-refractivity contribution is 6.05. The number of carboxylic acid groups (broad SMARTS) is 1. The first-order chi connectivity index (χ1) is 12.0. The van der Waals surface area contributed by atoms with Gasteiger partial charge in [-0.05, 0) is 19.2 Å². The molecule has 1 saturated heterocycles. The Morgan fingerprint density at radius 2 is 2.16 bits per heavy atom. The lowest BCUT2D eigenvalue weighted by molar-refractivity contribution is -0.138. The Kier molecular flexibility index (Phi) is 5.25. The van der Waals surface area contributed by atoms with Crippen LogP contribution in [0.25, 0.3) is 10.9 Å². The molecule has 7 nitrogen and oxygen atoms in total. The highest BCUT2D eigenvalue weighted by Gasteiger charge is 2.27. The van der Waals surface area contributed by atoms with E-state index < -0.39 is 5.97 Å². The van der Waals surface area contributed by atoms with Crippen molar-refractivity contribution in [2.75, 3.05) is 39.8 Å². The van der Waals surface area contributed by atoms with Crippen molar-refractivity contribution in [1.29, 1.82) is 0 Å². The highest BCUT2D eigenvalue weighted by atomic mass is 16.5. The summed E-state index contributed by atoms with van der Waals surface area (Å²) in [7, 11) is 1.73. The lowest BCUT2D eigenvalue weighted by Gasteiger charge is -2.34. The lowest BCUT2D eigenvalue weighted by Crippen LogP contribution is -2.49. The van der Waals surface area contributed by atoms with E-state index in [0.29, 0.717) is 37.3 Å². The highest BCUT2D eigenvalue weighted by Crippen LogP contribution is 2.19. The van der Waals surface area contributed by atoms with Crippen molar-refractivity contribution in [1.82, 2.24) is 14.8 Å². The third-order valence-electron chi connectivity index (χ3n) is 4.21. The number of benzene rings is 1. The molecule has 0 bridgehead atoms. The Bertz CT molecular complexity index is 775. The normalized spacial score (nSPS) is 17.8. The van der Waals surface area contributed by atoms with E-state index >= 15 is 0 Å². The van der Waals surface area contributed by atoms with Gasteiger partial charge in [0.1, 0.15) is 0 Å². The van der Waals surface area contributed by atoms with Gasteiger partial charge in [-0.3, -0.25) is 19.5 Å². The summed E-state index contributed by atoms with van der Waals surface area (Å²) >= 11 is 0. The number of carbonyl (C=O) groups excluding carboxylic acids is 1. The summed E-state index contributed by atoms with van der Waals surface area (Å²) < 4.78 is 5.69. The van der Waals surface area contributed by atoms with Gasteiger partial charge in [-0.25, -0.2) is 0 Å². The molecule has 0 radical (unpaired) electrons. The Labute approximate surface area is 145 Å². The number of pyridine rings is 1. The molecule has 1 N–H and O–H groups in total. The van der Waals surface area contributed by atoms with Gasteiger partial charge in [0.25, 0.3) is 5.91 Å². The number of aromatic nitrogens is 1. The Balaban J connectivity index is 1.72. The maximum Gasteiger partial charge on any atom is 0.317 e. The molecule has 1 aliphatic rings. The van der Waals surface area contributed by atoms with Gasteiger partial charge in [0.05, 0.1) is 30.3 Å². The predicted octanol–water partition coefficient (Wildman–Crippen LogP) is 1.09. The topological polar surface area (TPSA) is 83.0 Å². The number of nitrogens with zero attached hydrogens (tertiary/aromatic N) is 3. The zero-order valence-electron chi connectivity index (χ0n) is 14.1. The number of morpholine rings is 1. The summed E-state index contributed by atoms with van der Waals surface area (Å²) in [4.78, 5) is 31.5. The van der Waals surface area contributed by atoms with Crippen molar-refractivity contribution < 1.29 is 19.4 Å². The molecule has 0 spiro atoms. The van der Waals surface area contributed by atoms with Crippen LogP contribution in [0.2, 0.25) is 0 Å². The number of amides is 1. The minimum atomic E-state index is -0.881. The molecular weight excluding hydrogens is 322 g/mol. The van der Waals surface area contributed by atoms with E-state index in [-0.39, 0.29) is 18.6 Å². The van der Waals surface area contributed by atoms with Crippen LogP contribution in [0, 0.1) is 0 Å². The van der Waals surface area contributed by atoms with Crippen LogP contribution in [0.3, 0.4) is 0 Å². The van der Waals surface area contributed by atoms with Gasteiger partial charge in [-0.15, -0.1) is 0 Å². The quantitative estimate of drug-likeness (QED) is 0.875. The van der Waals surface area contributed by atoms with Crippen LogP contribution in [0.15, 0.2) is 36.5 Å². The molecule has 0 saturated carbocycles. The van der Waals surface area contributed by atoms with Crippen molar-refractivity contribution in [2.24, 2.45) is 0 Å². The molecule has 1 aromatic carbocycles. The number of carbonyl (C=O) groups is 2. The van der Waals surface area contributed by atoms with Crippen LogP contribution in [0.4, 0.5) is 0 Å². The minimum absolute atomic E-state index is 0.0545. The summed E-state index contributed by atoms with van der Waals surface area (Å²) in [6, 6.07) is 9.36. The van der Waals surface area contributed by atoms with E-state index in [1.807, 2.05) is 24.3 Å². The first kappa shape index (κ1) is 17.3. The molecule has 3 rings (SSSR count). The van der Waals surface area contributed by atoms with Crippen molar-refractivity contribution in [3.63, 3.8) is 0 Å².